The SMILES string of the molecule is CCCCC([O-])c1ccc(N)cc1-c1nn[nH]n1.[Na+]. The second-order valence-corrected chi connectivity index (χ2v) is 4.21. The first-order valence-electron chi connectivity index (χ1n) is 6.01. The Morgan fingerprint density at radius 3 is 2.84 bits per heavy atom. The van der Waals surface area contributed by atoms with Crippen LogP contribution in [0.1, 0.15) is 37.9 Å². The van der Waals surface area contributed by atoms with Gasteiger partial charge < -0.3 is 10.8 Å². The van der Waals surface area contributed by atoms with Crippen LogP contribution in [-0.2, 0) is 0 Å². The van der Waals surface area contributed by atoms with E-state index in [4.69, 9.17) is 5.73 Å². The molecule has 2 aromatic rings. The van der Waals surface area contributed by atoms with Crippen LogP contribution in [0, 0.1) is 0 Å². The molecule has 1 heterocycles. The quantitative estimate of drug-likeness (QED) is 0.485. The molecule has 0 spiro atoms. The Labute approximate surface area is 134 Å². The molecule has 19 heavy (non-hydrogen) atoms. The van der Waals surface area contributed by atoms with Crippen molar-refractivity contribution in [3.05, 3.63) is 23.8 Å². The van der Waals surface area contributed by atoms with Crippen molar-refractivity contribution in [2.24, 2.45) is 0 Å². The molecule has 0 saturated heterocycles. The summed E-state index contributed by atoms with van der Waals surface area (Å²) in [6.07, 6.45) is 1.74. The van der Waals surface area contributed by atoms with Crippen LogP contribution in [0.15, 0.2) is 18.2 Å². The Bertz CT molecular complexity index is 503. The molecule has 0 radical (unpaired) electrons. The van der Waals surface area contributed by atoms with E-state index >= 15 is 0 Å². The minimum absolute atomic E-state index is 0. The van der Waals surface area contributed by atoms with E-state index in [1.165, 1.54) is 0 Å². The van der Waals surface area contributed by atoms with Gasteiger partial charge in [0.1, 0.15) is 0 Å². The summed E-state index contributed by atoms with van der Waals surface area (Å²) in [5.41, 5.74) is 7.68. The zero-order chi connectivity index (χ0) is 13.0. The van der Waals surface area contributed by atoms with Gasteiger partial charge in [-0.15, -0.1) is 10.2 Å². The van der Waals surface area contributed by atoms with Crippen molar-refractivity contribution in [2.45, 2.75) is 32.3 Å². The Kier molecular flexibility index (Phi) is 6.44. The molecular weight excluding hydrogens is 253 g/mol. The van der Waals surface area contributed by atoms with E-state index in [2.05, 4.69) is 27.5 Å². The number of aromatic amines is 1. The second kappa shape index (κ2) is 7.59. The van der Waals surface area contributed by atoms with Gasteiger partial charge >= 0.3 is 29.6 Å². The normalized spacial score (nSPS) is 11.9. The topological polar surface area (TPSA) is 104 Å². The van der Waals surface area contributed by atoms with Crippen molar-refractivity contribution >= 4 is 5.69 Å². The molecule has 0 saturated carbocycles. The van der Waals surface area contributed by atoms with E-state index in [1.54, 1.807) is 18.2 Å². The summed E-state index contributed by atoms with van der Waals surface area (Å²) in [5, 5.41) is 25.9. The summed E-state index contributed by atoms with van der Waals surface area (Å²) in [5.74, 6) is 0.412. The molecule has 96 valence electrons. The number of nitrogens with one attached hydrogen (secondary N) is 1. The number of anilines is 1. The molecule has 0 amide bonds. The number of benzene rings is 1. The van der Waals surface area contributed by atoms with E-state index in [1.807, 2.05) is 0 Å². The molecule has 3 N–H and O–H groups in total. The molecule has 0 bridgehead atoms. The number of aromatic nitrogens is 4. The van der Waals surface area contributed by atoms with Gasteiger partial charge in [-0.2, -0.15) is 5.21 Å². The number of hydrogen-bond acceptors (Lipinski definition) is 5. The van der Waals surface area contributed by atoms with Gasteiger partial charge in [0.15, 0.2) is 0 Å². The van der Waals surface area contributed by atoms with Crippen LogP contribution in [0.25, 0.3) is 11.4 Å². The molecule has 0 fully saturated rings. The maximum Gasteiger partial charge on any atom is 1.00 e. The number of rotatable bonds is 5. The average molecular weight is 269 g/mol. The zero-order valence-corrected chi connectivity index (χ0v) is 13.3. The van der Waals surface area contributed by atoms with E-state index in [0.29, 0.717) is 29.1 Å². The average Bonchev–Trinajstić information content (AvgIpc) is 2.89. The Morgan fingerprint density at radius 2 is 2.21 bits per heavy atom. The van der Waals surface area contributed by atoms with Crippen molar-refractivity contribution in [2.75, 3.05) is 5.73 Å². The van der Waals surface area contributed by atoms with E-state index in [0.717, 1.165) is 12.8 Å². The summed E-state index contributed by atoms with van der Waals surface area (Å²) in [7, 11) is 0. The van der Waals surface area contributed by atoms with Crippen molar-refractivity contribution < 1.29 is 34.7 Å². The van der Waals surface area contributed by atoms with Gasteiger partial charge in [-0.25, -0.2) is 0 Å². The number of tetrazole rings is 1. The van der Waals surface area contributed by atoms with Gasteiger partial charge in [-0.1, -0.05) is 43.9 Å². The molecule has 1 unspecified atom stereocenters. The summed E-state index contributed by atoms with van der Waals surface area (Å²) in [6, 6.07) is 5.21. The molecule has 6 nitrogen and oxygen atoms in total. The number of nitrogens with zero attached hydrogens (tertiary/aromatic N) is 3. The third-order valence-electron chi connectivity index (χ3n) is 2.83. The van der Waals surface area contributed by atoms with Gasteiger partial charge in [0, 0.05) is 11.3 Å². The number of unbranched alkanes of at least 4 members (excludes halogenated alkanes) is 1. The van der Waals surface area contributed by atoms with Crippen LogP contribution in [0.4, 0.5) is 5.69 Å². The minimum Gasteiger partial charge on any atom is -0.849 e. The maximum absolute atomic E-state index is 12.2. The Balaban J connectivity index is 0.00000180. The molecule has 0 aliphatic rings. The third kappa shape index (κ3) is 4.01. The fraction of sp³-hybridized carbons (Fsp3) is 0.417. The van der Waals surface area contributed by atoms with Crippen LogP contribution < -0.4 is 40.4 Å². The van der Waals surface area contributed by atoms with E-state index in [9.17, 15) is 5.11 Å². The van der Waals surface area contributed by atoms with Gasteiger partial charge in [0.25, 0.3) is 0 Å². The second-order valence-electron chi connectivity index (χ2n) is 4.21. The first kappa shape index (κ1) is 16.1. The van der Waals surface area contributed by atoms with Crippen LogP contribution in [0.3, 0.4) is 0 Å². The van der Waals surface area contributed by atoms with Crippen molar-refractivity contribution in [1.29, 1.82) is 0 Å². The number of nitrogen functional groups attached to an aromatic ring is 1. The van der Waals surface area contributed by atoms with Crippen molar-refractivity contribution in [3.63, 3.8) is 0 Å². The molecule has 1 aromatic heterocycles. The molecule has 1 atom stereocenters. The Hall–Kier alpha value is -0.950. The smallest absolute Gasteiger partial charge is 0.849 e. The molecule has 7 heteroatoms. The number of hydrogen-bond donors (Lipinski definition) is 2. The summed E-state index contributed by atoms with van der Waals surface area (Å²) in [6.45, 7) is 2.07. The standard InChI is InChI=1S/C12H16N5O.Na/c1-2-3-4-11(18)9-6-5-8(13)7-10(9)12-14-16-17-15-12;/h5-7,11H,2-4,13H2,1H3,(H,14,15,16,17);/q-1;+1. The summed E-state index contributed by atoms with van der Waals surface area (Å²) < 4.78 is 0. The zero-order valence-electron chi connectivity index (χ0n) is 11.3. The van der Waals surface area contributed by atoms with Gasteiger partial charge in [-0.3, -0.25) is 0 Å². The van der Waals surface area contributed by atoms with Gasteiger partial charge in [0.2, 0.25) is 5.82 Å². The predicted octanol–water partition coefficient (Wildman–Crippen LogP) is -1.96. The van der Waals surface area contributed by atoms with Gasteiger partial charge in [-0.05, 0) is 17.3 Å². The number of nitrogens with two attached hydrogens (primary N) is 1. The van der Waals surface area contributed by atoms with Crippen LogP contribution in [0.5, 0.6) is 0 Å². The predicted molar refractivity (Wildman–Crippen MR) is 66.3 cm³/mol. The fourth-order valence-corrected chi connectivity index (χ4v) is 1.87. The third-order valence-corrected chi connectivity index (χ3v) is 2.83. The van der Waals surface area contributed by atoms with Crippen LogP contribution in [0.2, 0.25) is 0 Å². The largest absolute Gasteiger partial charge is 1.00 e. The van der Waals surface area contributed by atoms with Crippen LogP contribution >= 0.6 is 0 Å². The monoisotopic (exact) mass is 269 g/mol. The first-order chi connectivity index (χ1) is 8.72. The molecule has 2 rings (SSSR count). The van der Waals surface area contributed by atoms with Crippen molar-refractivity contribution in [1.82, 2.24) is 20.6 Å². The molecular formula is C12H16N5NaO. The fourth-order valence-electron chi connectivity index (χ4n) is 1.87. The van der Waals surface area contributed by atoms with Crippen LogP contribution in [-0.4, -0.2) is 20.6 Å². The van der Waals surface area contributed by atoms with Gasteiger partial charge in [0.05, 0.1) is 0 Å². The summed E-state index contributed by atoms with van der Waals surface area (Å²) >= 11 is 0. The minimum atomic E-state index is -0.779. The molecule has 0 aliphatic heterocycles. The maximum atomic E-state index is 12.2. The van der Waals surface area contributed by atoms with E-state index in [-0.39, 0.29) is 29.6 Å². The Morgan fingerprint density at radius 1 is 1.42 bits per heavy atom. The first-order valence-corrected chi connectivity index (χ1v) is 6.01. The molecule has 1 aromatic carbocycles. The summed E-state index contributed by atoms with van der Waals surface area (Å²) in [4.78, 5) is 0. The number of H-pyrrole nitrogens is 1. The van der Waals surface area contributed by atoms with Crippen molar-refractivity contribution in [3.8, 4) is 11.4 Å². The van der Waals surface area contributed by atoms with E-state index < -0.39 is 6.10 Å². The molecule has 0 aliphatic carbocycles.